The van der Waals surface area contributed by atoms with Gasteiger partial charge >= 0.3 is 0 Å². The van der Waals surface area contributed by atoms with Gasteiger partial charge in [-0.1, -0.05) is 39.5 Å². The summed E-state index contributed by atoms with van der Waals surface area (Å²) in [6.45, 7) is 15.7. The molecular formula is C22H32N2O3S3. The molecule has 0 aromatic carbocycles. The Morgan fingerprint density at radius 1 is 0.800 bits per heavy atom. The lowest BCUT2D eigenvalue weighted by Crippen LogP contribution is -2.75. The number of thioether (sulfide) groups is 3. The number of hydrogen-bond acceptors (Lipinski definition) is 8. The first kappa shape index (κ1) is 23.9. The lowest BCUT2D eigenvalue weighted by molar-refractivity contribution is -0.185. The van der Waals surface area contributed by atoms with E-state index in [2.05, 4.69) is 4.98 Å². The molecule has 0 N–H and O–H groups in total. The minimum Gasteiger partial charge on any atom is -0.458 e. The third-order valence-corrected chi connectivity index (χ3v) is 12.9. The summed E-state index contributed by atoms with van der Waals surface area (Å²) < 4.78 is 6.08. The highest BCUT2D eigenvalue weighted by Crippen LogP contribution is 2.71. The van der Waals surface area contributed by atoms with E-state index in [0.717, 1.165) is 0 Å². The number of Topliss-reactive ketones (excluding diaryl/α,β-unsaturated/α-hetero) is 2. The number of nitrogens with zero attached hydrogens (tertiary/aromatic N) is 2. The topological polar surface area (TPSA) is 69.2 Å². The van der Waals surface area contributed by atoms with Gasteiger partial charge in [-0.25, -0.2) is 4.98 Å². The van der Waals surface area contributed by atoms with Gasteiger partial charge in [-0.05, 0) is 40.2 Å². The van der Waals surface area contributed by atoms with E-state index in [9.17, 15) is 9.59 Å². The van der Waals surface area contributed by atoms with Crippen LogP contribution in [0.25, 0.3) is 0 Å². The van der Waals surface area contributed by atoms with Gasteiger partial charge < -0.3 is 4.74 Å². The monoisotopic (exact) mass is 468 g/mol. The Hall–Kier alpha value is -0.730. The molecule has 1 aromatic heterocycles. The maximum atomic E-state index is 12.8. The first-order chi connectivity index (χ1) is 13.6. The van der Waals surface area contributed by atoms with Crippen molar-refractivity contribution in [2.45, 2.75) is 69.6 Å². The first-order valence-corrected chi connectivity index (χ1v) is 13.3. The van der Waals surface area contributed by atoms with Crippen LogP contribution in [0.3, 0.4) is 0 Å². The van der Waals surface area contributed by atoms with E-state index >= 15 is 0 Å². The molecule has 0 amide bonds. The molecule has 0 radical (unpaired) electrons. The van der Waals surface area contributed by atoms with Gasteiger partial charge in [0.05, 0.1) is 14.9 Å². The molecule has 0 bridgehead atoms. The number of hydrogen-bond donors (Lipinski definition) is 0. The first-order valence-electron chi connectivity index (χ1n) is 10.0. The molecule has 2 fully saturated rings. The predicted octanol–water partition coefficient (Wildman–Crippen LogP) is 5.34. The zero-order valence-corrected chi connectivity index (χ0v) is 21.9. The van der Waals surface area contributed by atoms with Gasteiger partial charge in [0.15, 0.2) is 15.9 Å². The van der Waals surface area contributed by atoms with Gasteiger partial charge in [-0.2, -0.15) is 4.98 Å². The Morgan fingerprint density at radius 3 is 1.77 bits per heavy atom. The third kappa shape index (κ3) is 2.59. The van der Waals surface area contributed by atoms with Crippen LogP contribution in [0.2, 0.25) is 0 Å². The van der Waals surface area contributed by atoms with Gasteiger partial charge in [0, 0.05) is 23.1 Å². The molecule has 0 saturated heterocycles. The van der Waals surface area contributed by atoms with Crippen LogP contribution in [-0.4, -0.2) is 43.1 Å². The summed E-state index contributed by atoms with van der Waals surface area (Å²) >= 11 is 4.77. The van der Waals surface area contributed by atoms with Crippen LogP contribution < -0.4 is 4.74 Å². The number of carbonyl (C=O) groups excluding carboxylic acids is 2. The molecule has 1 aromatic rings. The highest BCUT2D eigenvalue weighted by Gasteiger charge is 2.75. The summed E-state index contributed by atoms with van der Waals surface area (Å²) in [4.78, 5) is 33.9. The highest BCUT2D eigenvalue weighted by molar-refractivity contribution is 8.18. The summed E-state index contributed by atoms with van der Waals surface area (Å²) in [5.41, 5.74) is -2.24. The van der Waals surface area contributed by atoms with E-state index in [1.54, 1.807) is 35.8 Å². The Morgan fingerprint density at radius 2 is 1.30 bits per heavy atom. The average molecular weight is 469 g/mol. The molecule has 30 heavy (non-hydrogen) atoms. The lowest BCUT2D eigenvalue weighted by Gasteiger charge is -2.63. The van der Waals surface area contributed by atoms with Gasteiger partial charge in [0.25, 0.3) is 0 Å². The minimum absolute atomic E-state index is 0.186. The second-order valence-corrected chi connectivity index (χ2v) is 13.6. The van der Waals surface area contributed by atoms with Crippen molar-refractivity contribution in [1.82, 2.24) is 9.97 Å². The van der Waals surface area contributed by atoms with Crippen LogP contribution in [-0.2, 0) is 9.59 Å². The second-order valence-electron chi connectivity index (χ2n) is 10.2. The second kappa shape index (κ2) is 6.88. The molecule has 2 aliphatic carbocycles. The maximum absolute atomic E-state index is 12.8. The van der Waals surface area contributed by atoms with E-state index in [4.69, 9.17) is 9.72 Å². The summed E-state index contributed by atoms with van der Waals surface area (Å²) in [5, 5.41) is 0.577. The quantitative estimate of drug-likeness (QED) is 0.409. The van der Waals surface area contributed by atoms with Crippen LogP contribution in [0, 0.1) is 21.7 Å². The molecule has 0 atom stereocenters. The van der Waals surface area contributed by atoms with Crippen molar-refractivity contribution >= 4 is 46.9 Å². The minimum atomic E-state index is -0.713. The Labute approximate surface area is 192 Å². The zero-order chi connectivity index (χ0) is 23.0. The van der Waals surface area contributed by atoms with Gasteiger partial charge in [-0.3, -0.25) is 9.59 Å². The van der Waals surface area contributed by atoms with E-state index in [1.165, 1.54) is 11.8 Å². The number of ketones is 2. The Bertz CT molecular complexity index is 803. The summed E-state index contributed by atoms with van der Waals surface area (Å²) in [6.07, 6.45) is 5.70. The van der Waals surface area contributed by atoms with Gasteiger partial charge in [0.1, 0.15) is 5.78 Å². The third-order valence-electron chi connectivity index (χ3n) is 7.23. The van der Waals surface area contributed by atoms with Crippen molar-refractivity contribution < 1.29 is 14.3 Å². The molecule has 8 heteroatoms. The van der Waals surface area contributed by atoms with E-state index in [1.807, 2.05) is 67.9 Å². The zero-order valence-electron chi connectivity index (χ0n) is 19.5. The smallest absolute Gasteiger partial charge is 0.218 e. The van der Waals surface area contributed by atoms with Crippen molar-refractivity contribution in [3.8, 4) is 5.88 Å². The van der Waals surface area contributed by atoms with E-state index in [-0.39, 0.29) is 15.6 Å². The standard InChI is InChI=1S/C22H32N2O3S3/c1-17(2)14(25)18(3,4)21(17,28-9)27-13-11-12-23-16(24-13)30-22(29-10)19(5,6)15(26)20(22,7)8/h11-12H,1-10H3. The molecule has 3 rings (SSSR count). The van der Waals surface area contributed by atoms with E-state index in [0.29, 0.717) is 11.0 Å². The number of rotatable bonds is 6. The summed E-state index contributed by atoms with van der Waals surface area (Å²) in [6, 6.07) is 1.74. The number of ether oxygens (including phenoxy) is 1. The van der Waals surface area contributed by atoms with Gasteiger partial charge in [-0.15, -0.1) is 23.5 Å². The fourth-order valence-electron chi connectivity index (χ4n) is 5.92. The average Bonchev–Trinajstić information content (AvgIpc) is 2.68. The summed E-state index contributed by atoms with van der Waals surface area (Å²) in [7, 11) is 0. The molecule has 166 valence electrons. The van der Waals surface area contributed by atoms with Crippen LogP contribution in [0.1, 0.15) is 55.4 Å². The molecule has 2 saturated carbocycles. The molecule has 2 aliphatic rings. The van der Waals surface area contributed by atoms with Crippen molar-refractivity contribution in [1.29, 1.82) is 0 Å². The van der Waals surface area contributed by atoms with Crippen molar-refractivity contribution in [2.75, 3.05) is 12.5 Å². The molecule has 1 heterocycles. The Balaban J connectivity index is 1.95. The normalized spacial score (nSPS) is 26.5. The van der Waals surface area contributed by atoms with Crippen molar-refractivity contribution in [3.63, 3.8) is 0 Å². The molecule has 5 nitrogen and oxygen atoms in total. The molecule has 0 spiro atoms. The Kier molecular flexibility index (Phi) is 5.49. The fraction of sp³-hybridized carbons (Fsp3) is 0.727. The lowest BCUT2D eigenvalue weighted by atomic mass is 9.51. The largest absolute Gasteiger partial charge is 0.458 e. The van der Waals surface area contributed by atoms with Crippen LogP contribution in [0.15, 0.2) is 17.4 Å². The summed E-state index contributed by atoms with van der Waals surface area (Å²) in [5.74, 6) is 0.890. The fourth-order valence-corrected chi connectivity index (χ4v) is 10.3. The van der Waals surface area contributed by atoms with Crippen molar-refractivity contribution in [3.05, 3.63) is 12.3 Å². The van der Waals surface area contributed by atoms with Crippen molar-refractivity contribution in [2.24, 2.45) is 21.7 Å². The van der Waals surface area contributed by atoms with Crippen LogP contribution in [0.4, 0.5) is 0 Å². The van der Waals surface area contributed by atoms with Crippen LogP contribution in [0.5, 0.6) is 5.88 Å². The SMILES string of the molecule is CSC1(Oc2ccnc(SC3(SC)C(C)(C)C(=O)C3(C)C)n2)C(C)(C)C(=O)C1(C)C. The predicted molar refractivity (Wildman–Crippen MR) is 126 cm³/mol. The molecule has 0 unspecified atom stereocenters. The van der Waals surface area contributed by atoms with Gasteiger partial charge in [0.2, 0.25) is 5.88 Å². The number of carbonyl (C=O) groups is 2. The molecule has 0 aliphatic heterocycles. The maximum Gasteiger partial charge on any atom is 0.218 e. The molecular weight excluding hydrogens is 436 g/mol. The van der Waals surface area contributed by atoms with Crippen LogP contribution >= 0.6 is 35.3 Å². The highest BCUT2D eigenvalue weighted by atomic mass is 32.2. The van der Waals surface area contributed by atoms with E-state index < -0.39 is 26.6 Å². The number of aromatic nitrogens is 2.